The van der Waals surface area contributed by atoms with Crippen molar-refractivity contribution in [3.8, 4) is 0 Å². The van der Waals surface area contributed by atoms with Gasteiger partial charge in [-0.2, -0.15) is 0 Å². The number of nitrogens with zero attached hydrogens (tertiary/aromatic N) is 2. The molecule has 0 spiro atoms. The van der Waals surface area contributed by atoms with Gasteiger partial charge in [-0.25, -0.2) is 0 Å². The topological polar surface area (TPSA) is 111 Å². The van der Waals surface area contributed by atoms with E-state index in [2.05, 4.69) is 5.32 Å². The second kappa shape index (κ2) is 5.17. The van der Waals surface area contributed by atoms with E-state index in [1.54, 1.807) is 12.1 Å². The summed E-state index contributed by atoms with van der Waals surface area (Å²) in [6, 6.07) is 6.84. The summed E-state index contributed by atoms with van der Waals surface area (Å²) in [7, 11) is 0. The highest BCUT2D eigenvalue weighted by molar-refractivity contribution is 5.65. The molecule has 1 aromatic carbocycles. The normalized spacial score (nSPS) is 10.1. The third kappa shape index (κ3) is 2.86. The van der Waals surface area contributed by atoms with E-state index in [1.807, 2.05) is 0 Å². The first-order valence-electron chi connectivity index (χ1n) is 5.27. The third-order valence-electron chi connectivity index (χ3n) is 2.42. The molecule has 8 nitrogen and oxygen atoms in total. The van der Waals surface area contributed by atoms with Crippen molar-refractivity contribution in [1.29, 1.82) is 0 Å². The average molecular weight is 263 g/mol. The summed E-state index contributed by atoms with van der Waals surface area (Å²) in [5, 5.41) is 24.3. The molecule has 1 N–H and O–H groups in total. The Balaban J connectivity index is 2.24. The molecule has 0 aliphatic heterocycles. The third-order valence-corrected chi connectivity index (χ3v) is 2.42. The maximum absolute atomic E-state index is 10.9. The van der Waals surface area contributed by atoms with Gasteiger partial charge in [-0.3, -0.25) is 20.2 Å². The van der Waals surface area contributed by atoms with E-state index in [9.17, 15) is 20.2 Å². The van der Waals surface area contributed by atoms with Crippen molar-refractivity contribution in [1.82, 2.24) is 0 Å². The van der Waals surface area contributed by atoms with Crippen molar-refractivity contribution in [2.24, 2.45) is 0 Å². The predicted molar refractivity (Wildman–Crippen MR) is 65.8 cm³/mol. The van der Waals surface area contributed by atoms with Gasteiger partial charge in [0.15, 0.2) is 0 Å². The van der Waals surface area contributed by atoms with Gasteiger partial charge in [0.2, 0.25) is 0 Å². The first-order valence-corrected chi connectivity index (χ1v) is 5.27. The minimum Gasteiger partial charge on any atom is -0.467 e. The van der Waals surface area contributed by atoms with Crippen molar-refractivity contribution >= 4 is 17.1 Å². The van der Waals surface area contributed by atoms with Crippen molar-refractivity contribution < 1.29 is 14.3 Å². The van der Waals surface area contributed by atoms with E-state index in [0.717, 1.165) is 6.07 Å². The van der Waals surface area contributed by atoms with Gasteiger partial charge in [-0.05, 0) is 18.2 Å². The second-order valence-corrected chi connectivity index (χ2v) is 3.65. The number of nitro benzene ring substituents is 2. The summed E-state index contributed by atoms with van der Waals surface area (Å²) >= 11 is 0. The van der Waals surface area contributed by atoms with E-state index in [1.165, 1.54) is 18.4 Å². The molecule has 19 heavy (non-hydrogen) atoms. The molecule has 0 fully saturated rings. The average Bonchev–Trinajstić information content (AvgIpc) is 2.89. The van der Waals surface area contributed by atoms with E-state index >= 15 is 0 Å². The van der Waals surface area contributed by atoms with E-state index in [-0.39, 0.29) is 23.6 Å². The molecule has 1 heterocycles. The molecule has 0 atom stereocenters. The fourth-order valence-corrected chi connectivity index (χ4v) is 1.53. The first-order chi connectivity index (χ1) is 9.08. The second-order valence-electron chi connectivity index (χ2n) is 3.65. The molecule has 1 aromatic heterocycles. The van der Waals surface area contributed by atoms with Crippen LogP contribution in [0.25, 0.3) is 0 Å². The lowest BCUT2D eigenvalue weighted by Gasteiger charge is -2.05. The minimum atomic E-state index is -0.677. The summed E-state index contributed by atoms with van der Waals surface area (Å²) in [5.41, 5.74) is -0.469. The Morgan fingerprint density at radius 2 is 1.95 bits per heavy atom. The first kappa shape index (κ1) is 12.6. The number of hydrogen-bond acceptors (Lipinski definition) is 6. The van der Waals surface area contributed by atoms with E-state index < -0.39 is 9.85 Å². The number of benzene rings is 1. The molecule has 0 bridgehead atoms. The lowest BCUT2D eigenvalue weighted by molar-refractivity contribution is -0.393. The summed E-state index contributed by atoms with van der Waals surface area (Å²) in [5.74, 6) is 0.604. The Bertz CT molecular complexity index is 609. The number of hydrogen-bond donors (Lipinski definition) is 1. The van der Waals surface area contributed by atoms with Gasteiger partial charge in [0.05, 0.1) is 28.7 Å². The maximum atomic E-state index is 10.9. The van der Waals surface area contributed by atoms with Gasteiger partial charge < -0.3 is 9.73 Å². The largest absolute Gasteiger partial charge is 0.467 e. The van der Waals surface area contributed by atoms with Crippen LogP contribution in [0, 0.1) is 20.2 Å². The number of furan rings is 1. The number of anilines is 1. The zero-order chi connectivity index (χ0) is 13.8. The van der Waals surface area contributed by atoms with Crippen LogP contribution < -0.4 is 5.32 Å². The van der Waals surface area contributed by atoms with Crippen molar-refractivity contribution in [3.63, 3.8) is 0 Å². The van der Waals surface area contributed by atoms with Gasteiger partial charge in [0.1, 0.15) is 11.4 Å². The monoisotopic (exact) mass is 263 g/mol. The molecule has 0 saturated carbocycles. The van der Waals surface area contributed by atoms with Crippen molar-refractivity contribution in [2.45, 2.75) is 6.54 Å². The van der Waals surface area contributed by atoms with Crippen LogP contribution in [0.5, 0.6) is 0 Å². The Morgan fingerprint density at radius 3 is 2.53 bits per heavy atom. The lowest BCUT2D eigenvalue weighted by atomic mass is 10.2. The molecule has 0 amide bonds. The molecule has 8 heteroatoms. The molecule has 2 aromatic rings. The molecular formula is C11H9N3O5. The standard InChI is InChI=1S/C11H9N3O5/c15-13(16)8-3-4-10(11(6-8)14(17)18)12-7-9-2-1-5-19-9/h1-6,12H,7H2. The quantitative estimate of drug-likeness (QED) is 0.655. The Hall–Kier alpha value is -2.90. The Labute approximate surface area is 107 Å². The molecule has 0 saturated heterocycles. The van der Waals surface area contributed by atoms with Gasteiger partial charge in [-0.1, -0.05) is 0 Å². The number of nitro groups is 2. The van der Waals surface area contributed by atoms with Crippen LogP contribution in [0.15, 0.2) is 41.0 Å². The minimum absolute atomic E-state index is 0.201. The zero-order valence-electron chi connectivity index (χ0n) is 9.61. The number of rotatable bonds is 5. The van der Waals surface area contributed by atoms with Gasteiger partial charge in [-0.15, -0.1) is 0 Å². The van der Waals surface area contributed by atoms with E-state index in [0.29, 0.717) is 5.76 Å². The predicted octanol–water partition coefficient (Wildman–Crippen LogP) is 2.71. The lowest BCUT2D eigenvalue weighted by Crippen LogP contribution is -2.02. The van der Waals surface area contributed by atoms with Crippen LogP contribution in [-0.4, -0.2) is 9.85 Å². The number of nitrogens with one attached hydrogen (secondary N) is 1. The zero-order valence-corrected chi connectivity index (χ0v) is 9.61. The summed E-state index contributed by atoms with van der Waals surface area (Å²) in [6.45, 7) is 0.256. The smallest absolute Gasteiger partial charge is 0.299 e. The summed E-state index contributed by atoms with van der Waals surface area (Å²) in [6.07, 6.45) is 1.49. The highest BCUT2D eigenvalue weighted by atomic mass is 16.6. The summed E-state index contributed by atoms with van der Waals surface area (Å²) < 4.78 is 5.08. The molecule has 2 rings (SSSR count). The van der Waals surface area contributed by atoms with Crippen LogP contribution in [0.3, 0.4) is 0 Å². The van der Waals surface area contributed by atoms with E-state index in [4.69, 9.17) is 4.42 Å². The Kier molecular flexibility index (Phi) is 3.42. The molecular weight excluding hydrogens is 254 g/mol. The highest BCUT2D eigenvalue weighted by Crippen LogP contribution is 2.29. The molecule has 0 aliphatic carbocycles. The number of non-ortho nitro benzene ring substituents is 1. The van der Waals surface area contributed by atoms with Crippen LogP contribution in [0.4, 0.5) is 17.1 Å². The maximum Gasteiger partial charge on any atom is 0.299 e. The molecule has 0 aliphatic rings. The van der Waals surface area contributed by atoms with Crippen LogP contribution >= 0.6 is 0 Å². The molecule has 0 unspecified atom stereocenters. The van der Waals surface area contributed by atoms with Crippen LogP contribution in [0.1, 0.15) is 5.76 Å². The summed E-state index contributed by atoms with van der Waals surface area (Å²) in [4.78, 5) is 20.1. The molecule has 0 radical (unpaired) electrons. The van der Waals surface area contributed by atoms with Gasteiger partial charge in [0.25, 0.3) is 11.4 Å². The molecule has 98 valence electrons. The van der Waals surface area contributed by atoms with Crippen molar-refractivity contribution in [3.05, 3.63) is 62.6 Å². The van der Waals surface area contributed by atoms with Crippen LogP contribution in [0.2, 0.25) is 0 Å². The fraction of sp³-hybridized carbons (Fsp3) is 0.0909. The fourth-order valence-electron chi connectivity index (χ4n) is 1.53. The highest BCUT2D eigenvalue weighted by Gasteiger charge is 2.19. The van der Waals surface area contributed by atoms with Gasteiger partial charge in [0, 0.05) is 6.07 Å². The Morgan fingerprint density at radius 1 is 1.16 bits per heavy atom. The van der Waals surface area contributed by atoms with Gasteiger partial charge >= 0.3 is 0 Å². The SMILES string of the molecule is O=[N+]([O-])c1ccc(NCc2ccco2)c([N+](=O)[O-])c1. The van der Waals surface area contributed by atoms with Crippen molar-refractivity contribution in [2.75, 3.05) is 5.32 Å². The van der Waals surface area contributed by atoms with Crippen LogP contribution in [-0.2, 0) is 6.54 Å².